The summed E-state index contributed by atoms with van der Waals surface area (Å²) in [6.45, 7) is 1.68. The van der Waals surface area contributed by atoms with Gasteiger partial charge in [0.2, 0.25) is 0 Å². The van der Waals surface area contributed by atoms with Gasteiger partial charge in [0.15, 0.2) is 11.5 Å². The Morgan fingerprint density at radius 1 is 1.60 bits per heavy atom. The van der Waals surface area contributed by atoms with Gasteiger partial charge in [-0.1, -0.05) is 11.6 Å². The molecule has 0 saturated carbocycles. The highest BCUT2D eigenvalue weighted by Gasteiger charge is 2.19. The van der Waals surface area contributed by atoms with Crippen molar-refractivity contribution in [2.45, 2.75) is 19.4 Å². The van der Waals surface area contributed by atoms with E-state index in [0.29, 0.717) is 27.6 Å². The van der Waals surface area contributed by atoms with Crippen LogP contribution in [0, 0.1) is 17.9 Å². The molecule has 1 atom stereocenters. The molecule has 0 bridgehead atoms. The average molecular weight is 295 g/mol. The van der Waals surface area contributed by atoms with Gasteiger partial charge in [-0.2, -0.15) is 5.11 Å². The number of oxazole rings is 1. The van der Waals surface area contributed by atoms with Crippen LogP contribution in [0.3, 0.4) is 0 Å². The quantitative estimate of drug-likeness (QED) is 0.577. The van der Waals surface area contributed by atoms with E-state index in [2.05, 4.69) is 10.1 Å². The van der Waals surface area contributed by atoms with E-state index in [4.69, 9.17) is 32.1 Å². The minimum atomic E-state index is -1.33. The first kappa shape index (κ1) is 14.1. The molecule has 0 fully saturated rings. The molecule has 3 N–H and O–H groups in total. The minimum Gasteiger partial charge on any atom is -0.477 e. The lowest BCUT2D eigenvalue weighted by molar-refractivity contribution is -0.129. The third-order valence-electron chi connectivity index (χ3n) is 2.77. The van der Waals surface area contributed by atoms with Gasteiger partial charge in [-0.25, -0.2) is 15.3 Å². The molecule has 8 heteroatoms. The third kappa shape index (κ3) is 2.67. The van der Waals surface area contributed by atoms with Crippen LogP contribution in [0.2, 0.25) is 5.02 Å². The number of carbonyl (C=O) groups is 1. The summed E-state index contributed by atoms with van der Waals surface area (Å²) in [5.74, 6) is -0.875. The fourth-order valence-corrected chi connectivity index (χ4v) is 2.10. The summed E-state index contributed by atoms with van der Waals surface area (Å²) in [7, 11) is 0. The average Bonchev–Trinajstić information content (AvgIpc) is 2.76. The molecule has 2 rings (SSSR count). The number of nitrogens with one attached hydrogen (secondary N) is 2. The van der Waals surface area contributed by atoms with Gasteiger partial charge in [0.05, 0.1) is 5.02 Å². The SMILES string of the molecule is Cc1nc2cc(C(CC(=N)C(=O)O)N=N)cc(Cl)c2o1. The monoisotopic (exact) mass is 294 g/mol. The summed E-state index contributed by atoms with van der Waals surface area (Å²) in [5.41, 5.74) is 8.12. The number of carboxylic acids is 1. The Morgan fingerprint density at radius 2 is 2.30 bits per heavy atom. The highest BCUT2D eigenvalue weighted by molar-refractivity contribution is 6.35. The molecule has 0 spiro atoms. The first-order chi connectivity index (χ1) is 9.42. The predicted molar refractivity (Wildman–Crippen MR) is 71.6 cm³/mol. The number of hydrogen-bond donors (Lipinski definition) is 3. The lowest BCUT2D eigenvalue weighted by Gasteiger charge is -2.10. The summed E-state index contributed by atoms with van der Waals surface area (Å²) >= 11 is 6.07. The summed E-state index contributed by atoms with van der Waals surface area (Å²) in [5, 5.41) is 19.7. The number of nitrogens with zero attached hydrogens (tertiary/aromatic N) is 2. The van der Waals surface area contributed by atoms with Crippen molar-refractivity contribution in [3.05, 3.63) is 28.6 Å². The fraction of sp³-hybridized carbons (Fsp3) is 0.250. The fourth-order valence-electron chi connectivity index (χ4n) is 1.83. The molecule has 20 heavy (non-hydrogen) atoms. The number of halogens is 1. The molecule has 0 aliphatic carbocycles. The molecular formula is C12H11ClN4O3. The molecular weight excluding hydrogens is 284 g/mol. The van der Waals surface area contributed by atoms with E-state index in [1.54, 1.807) is 19.1 Å². The van der Waals surface area contributed by atoms with E-state index in [1.165, 1.54) is 0 Å². The van der Waals surface area contributed by atoms with Crippen molar-refractivity contribution in [1.29, 1.82) is 10.9 Å². The van der Waals surface area contributed by atoms with Crippen LogP contribution in [0.25, 0.3) is 11.1 Å². The van der Waals surface area contributed by atoms with E-state index in [1.807, 2.05) is 0 Å². The topological polar surface area (TPSA) is 123 Å². The number of hydrogen-bond acceptors (Lipinski definition) is 6. The first-order valence-corrected chi connectivity index (χ1v) is 6.04. The Hall–Kier alpha value is -2.28. The Bertz CT molecular complexity index is 710. The summed E-state index contributed by atoms with van der Waals surface area (Å²) in [6.07, 6.45) is -0.183. The summed E-state index contributed by atoms with van der Waals surface area (Å²) < 4.78 is 5.33. The number of benzene rings is 1. The molecule has 2 aromatic rings. The maximum absolute atomic E-state index is 10.7. The molecule has 104 valence electrons. The second kappa shape index (κ2) is 5.38. The Morgan fingerprint density at radius 3 is 2.90 bits per heavy atom. The normalized spacial score (nSPS) is 12.3. The summed E-state index contributed by atoms with van der Waals surface area (Å²) in [4.78, 5) is 14.8. The Balaban J connectivity index is 2.41. The third-order valence-corrected chi connectivity index (χ3v) is 3.05. The highest BCUT2D eigenvalue weighted by atomic mass is 35.5. The maximum Gasteiger partial charge on any atom is 0.349 e. The molecule has 0 aliphatic heterocycles. The molecule has 7 nitrogen and oxygen atoms in total. The van der Waals surface area contributed by atoms with E-state index in [9.17, 15) is 4.79 Å². The maximum atomic E-state index is 10.7. The largest absolute Gasteiger partial charge is 0.477 e. The van der Waals surface area contributed by atoms with Gasteiger partial charge in [-0.05, 0) is 17.7 Å². The van der Waals surface area contributed by atoms with Crippen molar-refractivity contribution >= 4 is 34.4 Å². The van der Waals surface area contributed by atoms with Crippen LogP contribution < -0.4 is 0 Å². The van der Waals surface area contributed by atoms with E-state index < -0.39 is 17.7 Å². The molecule has 1 aromatic heterocycles. The zero-order valence-electron chi connectivity index (χ0n) is 10.5. The van der Waals surface area contributed by atoms with E-state index in [-0.39, 0.29) is 6.42 Å². The second-order valence-electron chi connectivity index (χ2n) is 4.22. The molecule has 0 aliphatic rings. The van der Waals surface area contributed by atoms with Crippen molar-refractivity contribution in [3.63, 3.8) is 0 Å². The first-order valence-electron chi connectivity index (χ1n) is 5.66. The summed E-state index contributed by atoms with van der Waals surface area (Å²) in [6, 6.07) is 2.40. The minimum absolute atomic E-state index is 0.183. The van der Waals surface area contributed by atoms with E-state index >= 15 is 0 Å². The van der Waals surface area contributed by atoms with Gasteiger partial charge in [0, 0.05) is 13.3 Å². The van der Waals surface area contributed by atoms with Gasteiger partial charge in [-0.3, -0.25) is 5.41 Å². The van der Waals surface area contributed by atoms with Crippen LogP contribution in [-0.2, 0) is 4.79 Å². The van der Waals surface area contributed by atoms with Crippen molar-refractivity contribution in [1.82, 2.24) is 4.98 Å². The van der Waals surface area contributed by atoms with Crippen molar-refractivity contribution < 1.29 is 14.3 Å². The zero-order valence-corrected chi connectivity index (χ0v) is 11.2. The number of carboxylic acid groups (broad SMARTS) is 1. The molecule has 1 aromatic carbocycles. The van der Waals surface area contributed by atoms with Crippen molar-refractivity contribution in [2.24, 2.45) is 5.11 Å². The van der Waals surface area contributed by atoms with Crippen LogP contribution in [-0.4, -0.2) is 21.8 Å². The molecule has 1 unspecified atom stereocenters. The highest BCUT2D eigenvalue weighted by Crippen LogP contribution is 2.31. The molecule has 0 saturated heterocycles. The van der Waals surface area contributed by atoms with Gasteiger partial charge < -0.3 is 9.52 Å². The predicted octanol–water partition coefficient (Wildman–Crippen LogP) is 3.36. The molecule has 1 heterocycles. The van der Waals surface area contributed by atoms with Crippen LogP contribution >= 0.6 is 11.6 Å². The van der Waals surface area contributed by atoms with Crippen LogP contribution in [0.15, 0.2) is 21.7 Å². The van der Waals surface area contributed by atoms with E-state index in [0.717, 1.165) is 0 Å². The number of aromatic nitrogens is 1. The second-order valence-corrected chi connectivity index (χ2v) is 4.62. The van der Waals surface area contributed by atoms with Crippen molar-refractivity contribution in [2.75, 3.05) is 0 Å². The van der Waals surface area contributed by atoms with Crippen LogP contribution in [0.1, 0.15) is 23.9 Å². The lowest BCUT2D eigenvalue weighted by Crippen LogP contribution is -2.14. The smallest absolute Gasteiger partial charge is 0.349 e. The van der Waals surface area contributed by atoms with Crippen LogP contribution in [0.5, 0.6) is 0 Å². The zero-order chi connectivity index (χ0) is 14.9. The van der Waals surface area contributed by atoms with Gasteiger partial charge in [0.1, 0.15) is 17.3 Å². The Labute approximate surface area is 118 Å². The van der Waals surface area contributed by atoms with Crippen LogP contribution in [0.4, 0.5) is 0 Å². The Kier molecular flexibility index (Phi) is 3.80. The van der Waals surface area contributed by atoms with Crippen molar-refractivity contribution in [3.8, 4) is 0 Å². The van der Waals surface area contributed by atoms with Gasteiger partial charge >= 0.3 is 5.97 Å². The number of rotatable bonds is 5. The standard InChI is InChI=1S/C12H11ClN4O3/c1-5-16-10-3-6(2-7(13)11(10)20-5)9(17-15)4-8(14)12(18)19/h2-3,9,14-15H,4H2,1H3,(H,18,19). The number of aliphatic carboxylic acids is 1. The molecule has 0 amide bonds. The lowest BCUT2D eigenvalue weighted by atomic mass is 10.0. The van der Waals surface area contributed by atoms with Gasteiger partial charge in [0.25, 0.3) is 0 Å². The van der Waals surface area contributed by atoms with Gasteiger partial charge in [-0.15, -0.1) is 0 Å². The number of fused-ring (bicyclic) bond motifs is 1. The molecule has 0 radical (unpaired) electrons. The number of aryl methyl sites for hydroxylation is 1.